The number of quaternary nitrogens is 1. The lowest BCUT2D eigenvalue weighted by molar-refractivity contribution is -0.642. The number of nitrogens with one attached hydrogen (secondary N) is 1. The Balaban J connectivity index is 1.73. The van der Waals surface area contributed by atoms with Crippen LogP contribution in [0.3, 0.4) is 0 Å². The van der Waals surface area contributed by atoms with Crippen molar-refractivity contribution in [2.24, 2.45) is 21.8 Å². The number of rotatable bonds is 19. The van der Waals surface area contributed by atoms with Gasteiger partial charge in [-0.25, -0.2) is 9.79 Å². The van der Waals surface area contributed by atoms with Gasteiger partial charge in [-0.15, -0.1) is 0 Å². The number of amides is 2. The van der Waals surface area contributed by atoms with Crippen LogP contribution in [0.15, 0.2) is 64.6 Å². The molecule has 2 amide bonds. The van der Waals surface area contributed by atoms with Gasteiger partial charge in [0.2, 0.25) is 5.71 Å². The molecule has 3 aromatic carbocycles. The number of nitro benzene ring substituents is 1. The van der Waals surface area contributed by atoms with Crippen molar-refractivity contribution >= 4 is 51.8 Å². The molecule has 56 heavy (non-hydrogen) atoms. The summed E-state index contributed by atoms with van der Waals surface area (Å²) in [6, 6.07) is 16.5. The number of carbonyl (C=O) groups excluding carboxylic acids is 2. The second-order valence-electron chi connectivity index (χ2n) is 16.6. The average molecular weight is 764 g/mol. The van der Waals surface area contributed by atoms with Gasteiger partial charge in [-0.1, -0.05) is 84.4 Å². The molecule has 0 radical (unpaired) electrons. The number of aryl methyl sites for hydroxylation is 3. The normalized spacial score (nSPS) is 20.0. The van der Waals surface area contributed by atoms with Gasteiger partial charge in [-0.05, 0) is 93.8 Å². The third-order valence-corrected chi connectivity index (χ3v) is 12.3. The second-order valence-corrected chi connectivity index (χ2v) is 16.6. The van der Waals surface area contributed by atoms with Crippen molar-refractivity contribution in [1.82, 2.24) is 0 Å². The Morgan fingerprint density at radius 1 is 0.929 bits per heavy atom. The fourth-order valence-electron chi connectivity index (χ4n) is 8.68. The Kier molecular flexibility index (Phi) is 13.7. The van der Waals surface area contributed by atoms with Gasteiger partial charge in [0.15, 0.2) is 5.54 Å². The minimum atomic E-state index is -0.494. The highest BCUT2D eigenvalue weighted by atomic mass is 16.6. The van der Waals surface area contributed by atoms with Crippen LogP contribution in [-0.4, -0.2) is 58.4 Å². The van der Waals surface area contributed by atoms with Crippen molar-refractivity contribution in [3.63, 3.8) is 0 Å². The molecular formula is C46H63N6O4+. The Bertz CT molecular complexity index is 2000. The van der Waals surface area contributed by atoms with Gasteiger partial charge in [0.25, 0.3) is 17.4 Å². The minimum absolute atomic E-state index is 0.0511. The number of benzene rings is 3. The van der Waals surface area contributed by atoms with Crippen LogP contribution in [0.1, 0.15) is 126 Å². The Labute approximate surface area is 334 Å². The van der Waals surface area contributed by atoms with Crippen molar-refractivity contribution < 1.29 is 19.0 Å². The molecule has 1 N–H and O–H groups in total. The second kappa shape index (κ2) is 18.0. The maximum absolute atomic E-state index is 15.4. The molecule has 0 bridgehead atoms. The molecule has 1 saturated heterocycles. The van der Waals surface area contributed by atoms with E-state index in [1.807, 2.05) is 57.3 Å². The van der Waals surface area contributed by atoms with Gasteiger partial charge in [0.1, 0.15) is 12.1 Å². The number of aliphatic imine (C=N–C) groups is 2. The van der Waals surface area contributed by atoms with E-state index in [4.69, 9.17) is 9.98 Å². The summed E-state index contributed by atoms with van der Waals surface area (Å²) < 4.78 is -0.115. The van der Waals surface area contributed by atoms with Gasteiger partial charge < -0.3 is 10.2 Å². The third-order valence-electron chi connectivity index (χ3n) is 12.3. The first kappa shape index (κ1) is 42.4. The summed E-state index contributed by atoms with van der Waals surface area (Å²) in [6.45, 7) is 18.0. The van der Waals surface area contributed by atoms with Crippen LogP contribution < -0.4 is 10.2 Å². The monoisotopic (exact) mass is 763 g/mol. The molecule has 0 aromatic heterocycles. The maximum Gasteiger partial charge on any atom is 0.355 e. The number of hydrogen-bond donors (Lipinski definition) is 1. The summed E-state index contributed by atoms with van der Waals surface area (Å²) in [7, 11) is 2.03. The minimum Gasteiger partial charge on any atom is -0.375 e. The summed E-state index contributed by atoms with van der Waals surface area (Å²) in [4.78, 5) is 54.4. The predicted molar refractivity (Wildman–Crippen MR) is 230 cm³/mol. The Hall–Kier alpha value is -4.70. The third kappa shape index (κ3) is 8.80. The fourth-order valence-corrected chi connectivity index (χ4v) is 8.68. The van der Waals surface area contributed by atoms with Crippen LogP contribution in [0.2, 0.25) is 0 Å². The molecule has 0 aliphatic carbocycles. The van der Waals surface area contributed by atoms with Crippen LogP contribution in [0.5, 0.6) is 0 Å². The molecule has 300 valence electrons. The van der Waals surface area contributed by atoms with E-state index >= 15 is 4.79 Å². The number of amidine groups is 1. The summed E-state index contributed by atoms with van der Waals surface area (Å²) in [6.07, 6.45) is 10.2. The van der Waals surface area contributed by atoms with Crippen LogP contribution in [0.4, 0.5) is 28.4 Å². The van der Waals surface area contributed by atoms with E-state index in [0.29, 0.717) is 40.9 Å². The number of anilines is 2. The molecule has 3 aromatic rings. The van der Waals surface area contributed by atoms with Crippen LogP contribution in [0, 0.1) is 42.7 Å². The zero-order valence-corrected chi connectivity index (χ0v) is 35.2. The van der Waals surface area contributed by atoms with Gasteiger partial charge >= 0.3 is 5.91 Å². The van der Waals surface area contributed by atoms with Crippen molar-refractivity contribution in [3.05, 3.63) is 87.0 Å². The highest BCUT2D eigenvalue weighted by Gasteiger charge is 2.78. The van der Waals surface area contributed by atoms with Crippen molar-refractivity contribution in [2.75, 3.05) is 30.4 Å². The number of nitrogens with zero attached hydrogens (tertiary/aromatic N) is 5. The zero-order chi connectivity index (χ0) is 40.8. The molecular weight excluding hydrogens is 701 g/mol. The fraction of sp³-hybridized carbons (Fsp3) is 0.522. The molecule has 1 fully saturated rings. The molecule has 2 aliphatic heterocycles. The van der Waals surface area contributed by atoms with Crippen LogP contribution >= 0.6 is 0 Å². The van der Waals surface area contributed by atoms with Crippen molar-refractivity contribution in [2.45, 2.75) is 125 Å². The molecule has 4 atom stereocenters. The van der Waals surface area contributed by atoms with E-state index in [9.17, 15) is 14.9 Å². The van der Waals surface area contributed by atoms with Gasteiger partial charge in [0, 0.05) is 49.4 Å². The van der Waals surface area contributed by atoms with E-state index in [1.165, 1.54) is 12.5 Å². The van der Waals surface area contributed by atoms with E-state index in [2.05, 4.69) is 50.9 Å². The van der Waals surface area contributed by atoms with Crippen molar-refractivity contribution in [1.29, 1.82) is 0 Å². The molecule has 2 heterocycles. The summed E-state index contributed by atoms with van der Waals surface area (Å²) in [5.74, 6) is 0.732. The summed E-state index contributed by atoms with van der Waals surface area (Å²) in [5, 5.41) is 15.3. The zero-order valence-electron chi connectivity index (χ0n) is 35.2. The number of carbonyl (C=O) groups is 2. The molecule has 2 aliphatic rings. The smallest absolute Gasteiger partial charge is 0.355 e. The molecule has 10 nitrogen and oxygen atoms in total. The standard InChI is InChI=1S/C46H62N6O4/c1-10-17-31(4)19-15-16-25-46(26-24-32(5)18-11-2)30-52(46)43(48-40-29-41(51(55)56)35(8)28-37(40)45(52)54)42(44(53)49-38-21-14-13-20-33(38)6)47-39-23-22-36(27-34(39)7)50(9)12-3/h13-14,20-23,27-29,31-32H,10-12,15-19,24-26,30H2,1-9H3/p+1. The van der Waals surface area contributed by atoms with Crippen molar-refractivity contribution in [3.8, 4) is 0 Å². The van der Waals surface area contributed by atoms with E-state index in [0.717, 1.165) is 81.1 Å². The summed E-state index contributed by atoms with van der Waals surface area (Å²) in [5.41, 5.74) is 4.42. The first-order valence-corrected chi connectivity index (χ1v) is 20.8. The molecule has 4 unspecified atom stereocenters. The highest BCUT2D eigenvalue weighted by molar-refractivity contribution is 6.68. The Morgan fingerprint density at radius 3 is 2.27 bits per heavy atom. The van der Waals surface area contributed by atoms with E-state index in [1.54, 1.807) is 13.0 Å². The molecule has 10 heteroatoms. The number of nitro groups is 1. The predicted octanol–water partition coefficient (Wildman–Crippen LogP) is 11.4. The lowest BCUT2D eigenvalue weighted by Gasteiger charge is -2.30. The largest absolute Gasteiger partial charge is 0.375 e. The highest BCUT2D eigenvalue weighted by Crippen LogP contribution is 2.56. The SMILES string of the molecule is CCCC(C)CCCCC1(CCC(C)CCC)C[N+]12C(=O)c1cc(C)c([N+](=O)[O-])cc1N=C2C(=Nc1ccc(N(C)CC)cc1C)C(=O)Nc1ccccc1C. The first-order valence-electron chi connectivity index (χ1n) is 20.8. The topological polar surface area (TPSA) is 117 Å². The van der Waals surface area contributed by atoms with Crippen LogP contribution in [-0.2, 0) is 4.79 Å². The van der Waals surface area contributed by atoms with Gasteiger partial charge in [-0.2, -0.15) is 9.48 Å². The Morgan fingerprint density at radius 2 is 1.62 bits per heavy atom. The average Bonchev–Trinajstić information content (AvgIpc) is 3.83. The quantitative estimate of drug-likeness (QED) is 0.0326. The first-order chi connectivity index (χ1) is 26.7. The van der Waals surface area contributed by atoms with Gasteiger partial charge in [-0.3, -0.25) is 14.9 Å². The summed E-state index contributed by atoms with van der Waals surface area (Å²) >= 11 is 0. The number of para-hydroxylation sites is 1. The molecule has 0 saturated carbocycles. The molecule has 1 spiro atoms. The lowest BCUT2D eigenvalue weighted by Crippen LogP contribution is -2.54. The van der Waals surface area contributed by atoms with E-state index < -0.39 is 16.4 Å². The lowest BCUT2D eigenvalue weighted by atomic mass is 9.88. The maximum atomic E-state index is 15.4. The number of hydrogen-bond acceptors (Lipinski definition) is 7. The molecule has 5 rings (SSSR count). The van der Waals surface area contributed by atoms with Crippen LogP contribution in [0.25, 0.3) is 0 Å². The van der Waals surface area contributed by atoms with Gasteiger partial charge in [0.05, 0.1) is 16.3 Å². The number of unbranched alkanes of at least 4 members (excludes halogenated alkanes) is 1. The number of fused-ring (bicyclic) bond motifs is 1. The van der Waals surface area contributed by atoms with E-state index in [-0.39, 0.29) is 33.3 Å².